The van der Waals surface area contributed by atoms with Gasteiger partial charge in [-0.1, -0.05) is 18.2 Å². The van der Waals surface area contributed by atoms with E-state index in [0.29, 0.717) is 0 Å². The summed E-state index contributed by atoms with van der Waals surface area (Å²) in [5, 5.41) is 4.32. The summed E-state index contributed by atoms with van der Waals surface area (Å²) >= 11 is 0. The molecule has 4 rings (SSSR count). The van der Waals surface area contributed by atoms with Crippen LogP contribution in [-0.2, 0) is 4.79 Å². The molecule has 1 aliphatic carbocycles. The van der Waals surface area contributed by atoms with Gasteiger partial charge in [0.25, 0.3) is 0 Å². The Morgan fingerprint density at radius 2 is 2.09 bits per heavy atom. The fraction of sp³-hybridized carbons (Fsp3) is 0.474. The second-order valence-electron chi connectivity index (χ2n) is 6.82. The van der Waals surface area contributed by atoms with Crippen molar-refractivity contribution < 1.29 is 4.79 Å². The molecular formula is C19H23N3O. The molecule has 0 unspecified atom stereocenters. The van der Waals surface area contributed by atoms with E-state index in [9.17, 15) is 4.79 Å². The van der Waals surface area contributed by atoms with Crippen LogP contribution < -0.4 is 10.2 Å². The summed E-state index contributed by atoms with van der Waals surface area (Å²) < 4.78 is 0. The van der Waals surface area contributed by atoms with Gasteiger partial charge in [0, 0.05) is 36.9 Å². The molecule has 1 saturated heterocycles. The standard InChI is InChI=1S/C19H23N3O/c23-19(21-12-14-7-8-14)15-4-3-11-22(13-15)18-9-10-20-17-6-2-1-5-16(17)18/h1-2,5-6,9-10,14-15H,3-4,7-8,11-13H2,(H,21,23)/t15-/m1/s1. The molecule has 1 saturated carbocycles. The zero-order valence-corrected chi connectivity index (χ0v) is 13.4. The van der Waals surface area contributed by atoms with Crippen LogP contribution in [0, 0.1) is 11.8 Å². The molecule has 23 heavy (non-hydrogen) atoms. The lowest BCUT2D eigenvalue weighted by Gasteiger charge is -2.34. The van der Waals surface area contributed by atoms with Crippen LogP contribution in [-0.4, -0.2) is 30.5 Å². The van der Waals surface area contributed by atoms with E-state index in [1.165, 1.54) is 23.9 Å². The Morgan fingerprint density at radius 1 is 1.22 bits per heavy atom. The maximum absolute atomic E-state index is 12.4. The Labute approximate surface area is 136 Å². The topological polar surface area (TPSA) is 45.2 Å². The molecule has 2 heterocycles. The van der Waals surface area contributed by atoms with E-state index in [-0.39, 0.29) is 11.8 Å². The zero-order chi connectivity index (χ0) is 15.6. The predicted octanol–water partition coefficient (Wildman–Crippen LogP) is 2.98. The van der Waals surface area contributed by atoms with Crippen molar-refractivity contribution in [1.29, 1.82) is 0 Å². The number of anilines is 1. The molecule has 120 valence electrons. The molecule has 4 nitrogen and oxygen atoms in total. The van der Waals surface area contributed by atoms with Crippen LogP contribution >= 0.6 is 0 Å². The van der Waals surface area contributed by atoms with Crippen molar-refractivity contribution in [3.63, 3.8) is 0 Å². The number of amides is 1. The first-order valence-corrected chi connectivity index (χ1v) is 8.67. The van der Waals surface area contributed by atoms with Crippen LogP contribution in [0.2, 0.25) is 0 Å². The molecule has 1 aromatic carbocycles. The SMILES string of the molecule is O=C(NCC1CC1)[C@@H]1CCCN(c2ccnc3ccccc23)C1. The van der Waals surface area contributed by atoms with E-state index < -0.39 is 0 Å². The van der Waals surface area contributed by atoms with E-state index in [4.69, 9.17) is 0 Å². The summed E-state index contributed by atoms with van der Waals surface area (Å²) in [5.41, 5.74) is 2.22. The number of piperidine rings is 1. The lowest BCUT2D eigenvalue weighted by molar-refractivity contribution is -0.125. The van der Waals surface area contributed by atoms with Gasteiger partial charge < -0.3 is 10.2 Å². The average molecular weight is 309 g/mol. The third-order valence-corrected chi connectivity index (χ3v) is 5.02. The van der Waals surface area contributed by atoms with Crippen LogP contribution in [0.1, 0.15) is 25.7 Å². The van der Waals surface area contributed by atoms with Gasteiger partial charge in [0.2, 0.25) is 5.91 Å². The van der Waals surface area contributed by atoms with Crippen molar-refractivity contribution in [3.8, 4) is 0 Å². The Kier molecular flexibility index (Phi) is 3.90. The molecule has 2 aliphatic rings. The number of hydrogen-bond acceptors (Lipinski definition) is 3. The van der Waals surface area contributed by atoms with E-state index in [1.54, 1.807) is 0 Å². The summed E-state index contributed by atoms with van der Waals surface area (Å²) in [6.07, 6.45) is 6.49. The van der Waals surface area contributed by atoms with Crippen LogP contribution in [0.5, 0.6) is 0 Å². The van der Waals surface area contributed by atoms with Crippen molar-refractivity contribution in [1.82, 2.24) is 10.3 Å². The molecule has 1 N–H and O–H groups in total. The van der Waals surface area contributed by atoms with Crippen LogP contribution in [0.25, 0.3) is 10.9 Å². The van der Waals surface area contributed by atoms with E-state index in [0.717, 1.165) is 43.9 Å². The van der Waals surface area contributed by atoms with Gasteiger partial charge in [-0.25, -0.2) is 0 Å². The number of nitrogens with one attached hydrogen (secondary N) is 1. The molecule has 1 amide bonds. The summed E-state index contributed by atoms with van der Waals surface area (Å²) in [7, 11) is 0. The van der Waals surface area contributed by atoms with Crippen molar-refractivity contribution in [3.05, 3.63) is 36.5 Å². The lowest BCUT2D eigenvalue weighted by atomic mass is 9.96. The van der Waals surface area contributed by atoms with Gasteiger partial charge in [0.1, 0.15) is 0 Å². The smallest absolute Gasteiger partial charge is 0.224 e. The number of aromatic nitrogens is 1. The molecule has 2 aromatic rings. The van der Waals surface area contributed by atoms with Crippen LogP contribution in [0.4, 0.5) is 5.69 Å². The average Bonchev–Trinajstić information content (AvgIpc) is 3.44. The number of nitrogens with zero attached hydrogens (tertiary/aromatic N) is 2. The Hall–Kier alpha value is -2.10. The number of hydrogen-bond donors (Lipinski definition) is 1. The molecular weight excluding hydrogens is 286 g/mol. The first-order chi connectivity index (χ1) is 11.3. The van der Waals surface area contributed by atoms with Gasteiger partial charge in [-0.2, -0.15) is 0 Å². The highest BCUT2D eigenvalue weighted by molar-refractivity contribution is 5.91. The van der Waals surface area contributed by atoms with Crippen molar-refractivity contribution >= 4 is 22.5 Å². The highest BCUT2D eigenvalue weighted by atomic mass is 16.1. The Bertz CT molecular complexity index is 705. The fourth-order valence-electron chi connectivity index (χ4n) is 3.48. The maximum atomic E-state index is 12.4. The highest BCUT2D eigenvalue weighted by Gasteiger charge is 2.28. The van der Waals surface area contributed by atoms with Gasteiger partial charge in [-0.15, -0.1) is 0 Å². The number of para-hydroxylation sites is 1. The molecule has 0 bridgehead atoms. The number of carbonyl (C=O) groups is 1. The molecule has 4 heteroatoms. The highest BCUT2D eigenvalue weighted by Crippen LogP contribution is 2.30. The number of carbonyl (C=O) groups excluding carboxylic acids is 1. The minimum absolute atomic E-state index is 0.106. The minimum Gasteiger partial charge on any atom is -0.370 e. The number of pyridine rings is 1. The molecule has 0 spiro atoms. The zero-order valence-electron chi connectivity index (χ0n) is 13.4. The van der Waals surface area contributed by atoms with E-state index >= 15 is 0 Å². The summed E-state index contributed by atoms with van der Waals surface area (Å²) in [5.74, 6) is 1.08. The van der Waals surface area contributed by atoms with Gasteiger partial charge >= 0.3 is 0 Å². The van der Waals surface area contributed by atoms with Gasteiger partial charge in [-0.05, 0) is 43.7 Å². The number of benzene rings is 1. The Morgan fingerprint density at radius 3 is 2.96 bits per heavy atom. The van der Waals surface area contributed by atoms with Crippen molar-refractivity contribution in [2.45, 2.75) is 25.7 Å². The third-order valence-electron chi connectivity index (χ3n) is 5.02. The second-order valence-corrected chi connectivity index (χ2v) is 6.82. The Balaban J connectivity index is 1.50. The van der Waals surface area contributed by atoms with Crippen LogP contribution in [0.15, 0.2) is 36.5 Å². The second kappa shape index (κ2) is 6.19. The van der Waals surface area contributed by atoms with Crippen molar-refractivity contribution in [2.24, 2.45) is 11.8 Å². The monoisotopic (exact) mass is 309 g/mol. The first kappa shape index (κ1) is 14.5. The normalized spacial score (nSPS) is 21.4. The fourth-order valence-corrected chi connectivity index (χ4v) is 3.48. The van der Waals surface area contributed by atoms with Gasteiger partial charge in [0.15, 0.2) is 0 Å². The molecule has 1 atom stereocenters. The summed E-state index contributed by atoms with van der Waals surface area (Å²) in [6, 6.07) is 10.3. The first-order valence-electron chi connectivity index (χ1n) is 8.67. The lowest BCUT2D eigenvalue weighted by Crippen LogP contribution is -2.43. The van der Waals surface area contributed by atoms with Crippen molar-refractivity contribution in [2.75, 3.05) is 24.5 Å². The molecule has 2 fully saturated rings. The van der Waals surface area contributed by atoms with E-state index in [1.807, 2.05) is 18.3 Å². The summed E-state index contributed by atoms with van der Waals surface area (Å²) in [6.45, 7) is 2.69. The third kappa shape index (κ3) is 3.16. The van der Waals surface area contributed by atoms with Crippen LogP contribution in [0.3, 0.4) is 0 Å². The number of fused-ring (bicyclic) bond motifs is 1. The molecule has 0 radical (unpaired) electrons. The van der Waals surface area contributed by atoms with Gasteiger partial charge in [-0.3, -0.25) is 9.78 Å². The number of rotatable bonds is 4. The van der Waals surface area contributed by atoms with E-state index in [2.05, 4.69) is 33.4 Å². The minimum atomic E-state index is 0.106. The molecule has 1 aliphatic heterocycles. The largest absolute Gasteiger partial charge is 0.370 e. The predicted molar refractivity (Wildman–Crippen MR) is 92.4 cm³/mol. The quantitative estimate of drug-likeness (QED) is 0.944. The van der Waals surface area contributed by atoms with Gasteiger partial charge in [0.05, 0.1) is 11.4 Å². The molecule has 1 aromatic heterocycles. The summed E-state index contributed by atoms with van der Waals surface area (Å²) in [4.78, 5) is 19.2. The maximum Gasteiger partial charge on any atom is 0.224 e.